The lowest BCUT2D eigenvalue weighted by atomic mass is 9.96. The molecule has 3 aliphatic rings. The smallest absolute Gasteiger partial charge is 0.224 e. The Balaban J connectivity index is 1.53. The fourth-order valence-corrected chi connectivity index (χ4v) is 9.74. The molecule has 0 aliphatic carbocycles. The van der Waals surface area contributed by atoms with Gasteiger partial charge in [0.1, 0.15) is 73.2 Å². The molecule has 1 amide bonds. The van der Waals surface area contributed by atoms with E-state index >= 15 is 0 Å². The van der Waals surface area contributed by atoms with E-state index in [-0.39, 0.29) is 6.42 Å². The van der Waals surface area contributed by atoms with Gasteiger partial charge in [0.15, 0.2) is 18.9 Å². The van der Waals surface area contributed by atoms with Gasteiger partial charge in [-0.3, -0.25) is 4.79 Å². The summed E-state index contributed by atoms with van der Waals surface area (Å²) in [6.07, 6.45) is 27.5. The molecule has 17 unspecified atom stereocenters. The van der Waals surface area contributed by atoms with Crippen molar-refractivity contribution in [1.29, 1.82) is 0 Å². The summed E-state index contributed by atoms with van der Waals surface area (Å²) < 4.78 is 34.1. The highest BCUT2D eigenvalue weighted by molar-refractivity contribution is 5.77. The molecule has 3 aliphatic heterocycles. The van der Waals surface area contributed by atoms with Gasteiger partial charge in [0, 0.05) is 6.42 Å². The van der Waals surface area contributed by atoms with E-state index in [1.165, 1.54) is 89.9 Å². The highest BCUT2D eigenvalue weighted by Gasteiger charge is 2.53. The van der Waals surface area contributed by atoms with E-state index in [9.17, 15) is 61.0 Å². The van der Waals surface area contributed by atoms with Crippen LogP contribution in [0.5, 0.6) is 0 Å². The van der Waals surface area contributed by atoms with Crippen molar-refractivity contribution in [1.82, 2.24) is 5.32 Å². The van der Waals surface area contributed by atoms with Crippen LogP contribution in [-0.2, 0) is 33.2 Å². The second-order valence-electron chi connectivity index (χ2n) is 21.4. The van der Waals surface area contributed by atoms with E-state index in [1.54, 1.807) is 12.2 Å². The van der Waals surface area contributed by atoms with Crippen LogP contribution in [0.15, 0.2) is 85.1 Å². The number of aliphatic hydroxyl groups is 11. The molecule has 0 aromatic heterocycles. The summed E-state index contributed by atoms with van der Waals surface area (Å²) in [5.74, 6) is -0.415. The monoisotopic (exact) mass is 1150 g/mol. The van der Waals surface area contributed by atoms with E-state index in [4.69, 9.17) is 28.4 Å². The molecule has 0 radical (unpaired) electrons. The Bertz CT molecular complexity index is 1810. The van der Waals surface area contributed by atoms with Gasteiger partial charge < -0.3 is 89.9 Å². The maximum absolute atomic E-state index is 13.2. The quantitative estimate of drug-likeness (QED) is 0.0261. The van der Waals surface area contributed by atoms with Crippen molar-refractivity contribution in [3.05, 3.63) is 85.1 Å². The standard InChI is InChI=1S/C62H105NO18/c1-3-5-7-9-11-13-15-17-19-20-21-22-23-24-26-27-29-31-33-35-37-39-46(67)45(63-50(68)40-38-36-34-32-30-28-25-18-16-14-12-10-8-6-4-2)44-76-60-56(74)53(71)58(48(42-65)78-60)81-62-57(75)54(72)59(49(43-66)79-62)80-61-55(73)52(70)51(69)47(41-64)77-61/h6,8,12,14,18,25,29-32,36-39,45-49,51-62,64-67,69-75H,3-5,7,9-11,13,15-17,19-24,26-28,33-35,40-44H2,1-2H3,(H,63,68)/b8-6-,14-12-,25-18-,31-29+,32-30-,38-36-,39-37+. The molecular weight excluding hydrogens is 1050 g/mol. The predicted molar refractivity (Wildman–Crippen MR) is 309 cm³/mol. The number of nitrogens with one attached hydrogen (secondary N) is 1. The van der Waals surface area contributed by atoms with Gasteiger partial charge in [0.05, 0.1) is 38.6 Å². The number of amides is 1. The summed E-state index contributed by atoms with van der Waals surface area (Å²) in [5.41, 5.74) is 0. The van der Waals surface area contributed by atoms with Crippen LogP contribution in [0, 0.1) is 0 Å². The number of hydrogen-bond acceptors (Lipinski definition) is 18. The van der Waals surface area contributed by atoms with Crippen molar-refractivity contribution in [3.63, 3.8) is 0 Å². The molecule has 17 atom stereocenters. The molecule has 3 fully saturated rings. The van der Waals surface area contributed by atoms with Crippen LogP contribution in [0.4, 0.5) is 0 Å². The molecule has 0 bridgehead atoms. The molecule has 3 rings (SSSR count). The summed E-state index contributed by atoms with van der Waals surface area (Å²) in [7, 11) is 0. The van der Waals surface area contributed by atoms with Gasteiger partial charge in [-0.15, -0.1) is 0 Å². The van der Waals surface area contributed by atoms with Crippen LogP contribution in [0.1, 0.15) is 168 Å². The van der Waals surface area contributed by atoms with E-state index in [1.807, 2.05) is 24.3 Å². The second-order valence-corrected chi connectivity index (χ2v) is 21.4. The van der Waals surface area contributed by atoms with Crippen molar-refractivity contribution in [2.45, 2.75) is 272 Å². The van der Waals surface area contributed by atoms with E-state index in [2.05, 4.69) is 67.8 Å². The van der Waals surface area contributed by atoms with Gasteiger partial charge in [0.2, 0.25) is 5.91 Å². The Morgan fingerprint density at radius 1 is 0.457 bits per heavy atom. The number of hydrogen-bond donors (Lipinski definition) is 12. The van der Waals surface area contributed by atoms with Crippen LogP contribution in [0.2, 0.25) is 0 Å². The largest absolute Gasteiger partial charge is 0.394 e. The summed E-state index contributed by atoms with van der Waals surface area (Å²) >= 11 is 0. The molecule has 19 nitrogen and oxygen atoms in total. The summed E-state index contributed by atoms with van der Waals surface area (Å²) in [6, 6.07) is -1.05. The Kier molecular flexibility index (Phi) is 39.6. The normalized spacial score (nSPS) is 30.4. The number of aliphatic hydroxyl groups excluding tert-OH is 11. The lowest BCUT2D eigenvalue weighted by molar-refractivity contribution is -0.379. The third-order valence-corrected chi connectivity index (χ3v) is 14.7. The predicted octanol–water partition coefficient (Wildman–Crippen LogP) is 5.59. The van der Waals surface area contributed by atoms with Gasteiger partial charge in [-0.25, -0.2) is 0 Å². The van der Waals surface area contributed by atoms with Crippen molar-refractivity contribution in [2.24, 2.45) is 0 Å². The maximum Gasteiger partial charge on any atom is 0.224 e. The molecule has 0 spiro atoms. The Labute approximate surface area is 482 Å². The summed E-state index contributed by atoms with van der Waals surface area (Å²) in [6.45, 7) is 1.50. The molecule has 3 heterocycles. The maximum atomic E-state index is 13.2. The fourth-order valence-electron chi connectivity index (χ4n) is 9.74. The van der Waals surface area contributed by atoms with E-state index in [0.717, 1.165) is 44.9 Å². The minimum Gasteiger partial charge on any atom is -0.394 e. The molecule has 0 aromatic carbocycles. The van der Waals surface area contributed by atoms with Crippen molar-refractivity contribution < 1.29 is 89.4 Å². The molecule has 0 aromatic rings. The molecule has 0 saturated carbocycles. The molecular formula is C62H105NO18. The molecule has 466 valence electrons. The van der Waals surface area contributed by atoms with Crippen LogP contribution >= 0.6 is 0 Å². The minimum atomic E-state index is -1.99. The lowest BCUT2D eigenvalue weighted by Crippen LogP contribution is -2.66. The van der Waals surface area contributed by atoms with Gasteiger partial charge in [0.25, 0.3) is 0 Å². The van der Waals surface area contributed by atoms with Crippen molar-refractivity contribution >= 4 is 5.91 Å². The van der Waals surface area contributed by atoms with Crippen LogP contribution < -0.4 is 5.32 Å². The van der Waals surface area contributed by atoms with Gasteiger partial charge in [-0.2, -0.15) is 0 Å². The average molecular weight is 1150 g/mol. The first-order valence-corrected chi connectivity index (χ1v) is 30.3. The molecule has 81 heavy (non-hydrogen) atoms. The molecule has 3 saturated heterocycles. The SMILES string of the molecule is CC/C=C\C/C=C\C/C=C\C/C=C\C/C=C\CC(=O)NC(COC1OC(CO)C(OC2OC(CO)C(OC3OC(CO)C(O)C(O)C3O)C(O)C2O)C(O)C1O)C(O)/C=C/CC/C=C/CCCCCCCCCCCCCCCCC. The lowest BCUT2D eigenvalue weighted by Gasteiger charge is -2.48. The Morgan fingerprint density at radius 2 is 0.864 bits per heavy atom. The van der Waals surface area contributed by atoms with Crippen LogP contribution in [0.3, 0.4) is 0 Å². The zero-order valence-corrected chi connectivity index (χ0v) is 48.5. The first-order valence-electron chi connectivity index (χ1n) is 30.3. The van der Waals surface area contributed by atoms with E-state index in [0.29, 0.717) is 12.8 Å². The third kappa shape index (κ3) is 28.1. The highest BCUT2D eigenvalue weighted by Crippen LogP contribution is 2.33. The molecule has 19 heteroatoms. The number of rotatable bonds is 43. The zero-order chi connectivity index (χ0) is 59.0. The van der Waals surface area contributed by atoms with Gasteiger partial charge >= 0.3 is 0 Å². The van der Waals surface area contributed by atoms with Gasteiger partial charge in [-0.1, -0.05) is 189 Å². The number of allylic oxidation sites excluding steroid dienone is 12. The number of carbonyl (C=O) groups is 1. The number of carbonyl (C=O) groups excluding carboxylic acids is 1. The second kappa shape index (κ2) is 44.4. The van der Waals surface area contributed by atoms with E-state index < -0.39 is 137 Å². The van der Waals surface area contributed by atoms with Crippen LogP contribution in [0.25, 0.3) is 0 Å². The van der Waals surface area contributed by atoms with Gasteiger partial charge in [-0.05, 0) is 57.8 Å². The zero-order valence-electron chi connectivity index (χ0n) is 48.5. The molecule has 12 N–H and O–H groups in total. The average Bonchev–Trinajstić information content (AvgIpc) is 3.52. The summed E-state index contributed by atoms with van der Waals surface area (Å²) in [4.78, 5) is 13.2. The van der Waals surface area contributed by atoms with Crippen LogP contribution in [-0.4, -0.2) is 193 Å². The van der Waals surface area contributed by atoms with Crippen molar-refractivity contribution in [2.75, 3.05) is 26.4 Å². The fraction of sp³-hybridized carbons (Fsp3) is 0.758. The first-order chi connectivity index (χ1) is 39.3. The highest BCUT2D eigenvalue weighted by atomic mass is 16.8. The minimum absolute atomic E-state index is 0.000963. The third-order valence-electron chi connectivity index (χ3n) is 14.7. The number of unbranched alkanes of at least 4 members (excludes halogenated alkanes) is 16. The first kappa shape index (κ1) is 72.2. The topological polar surface area (TPSA) is 307 Å². The Hall–Kier alpha value is -3.03. The Morgan fingerprint density at radius 3 is 1.36 bits per heavy atom. The van der Waals surface area contributed by atoms with Crippen molar-refractivity contribution in [3.8, 4) is 0 Å². The summed E-state index contributed by atoms with van der Waals surface area (Å²) in [5, 5.41) is 120. The number of ether oxygens (including phenoxy) is 6.